The molecule has 78 valence electrons. The number of nitrogens with two attached hydrogens (primary N) is 1. The van der Waals surface area contributed by atoms with Crippen molar-refractivity contribution >= 4 is 16.9 Å². The lowest BCUT2D eigenvalue weighted by Crippen LogP contribution is -1.81. The summed E-state index contributed by atoms with van der Waals surface area (Å²) in [4.78, 5) is 8.19. The molecule has 4 nitrogen and oxygen atoms in total. The number of benzene rings is 1. The highest BCUT2D eigenvalue weighted by Crippen LogP contribution is 2.23. The van der Waals surface area contributed by atoms with Crippen molar-refractivity contribution in [1.29, 1.82) is 0 Å². The van der Waals surface area contributed by atoms with Crippen LogP contribution in [0.2, 0.25) is 0 Å². The summed E-state index contributed by atoms with van der Waals surface area (Å²) in [5.41, 5.74) is 7.27. The molecule has 1 aromatic carbocycles. The monoisotopic (exact) mass is 211 g/mol. The van der Waals surface area contributed by atoms with Gasteiger partial charge >= 0.3 is 0 Å². The molecule has 2 aromatic heterocycles. The Morgan fingerprint density at radius 1 is 1.06 bits per heavy atom. The molecule has 0 aliphatic carbocycles. The molecular formula is C12H9N3O. The molecule has 0 aliphatic heterocycles. The fourth-order valence-electron chi connectivity index (χ4n) is 1.63. The number of hydrogen-bond donors (Lipinski definition) is 1. The van der Waals surface area contributed by atoms with Crippen LogP contribution in [0.1, 0.15) is 0 Å². The van der Waals surface area contributed by atoms with Crippen molar-refractivity contribution in [2.45, 2.75) is 0 Å². The van der Waals surface area contributed by atoms with Gasteiger partial charge < -0.3 is 10.2 Å². The van der Waals surface area contributed by atoms with Crippen molar-refractivity contribution < 1.29 is 4.42 Å². The third-order valence-electron chi connectivity index (χ3n) is 2.40. The zero-order chi connectivity index (χ0) is 11.0. The van der Waals surface area contributed by atoms with Gasteiger partial charge in [-0.15, -0.1) is 0 Å². The molecule has 2 heterocycles. The zero-order valence-electron chi connectivity index (χ0n) is 8.42. The Hall–Kier alpha value is -2.36. The lowest BCUT2D eigenvalue weighted by atomic mass is 10.1. The summed E-state index contributed by atoms with van der Waals surface area (Å²) in [6.07, 6.45) is 3.35. The Kier molecular flexibility index (Phi) is 1.86. The largest absolute Gasteiger partial charge is 0.424 e. The van der Waals surface area contributed by atoms with Gasteiger partial charge in [-0.05, 0) is 12.1 Å². The van der Waals surface area contributed by atoms with E-state index in [9.17, 15) is 0 Å². The van der Waals surface area contributed by atoms with Gasteiger partial charge in [0.2, 0.25) is 0 Å². The summed E-state index contributed by atoms with van der Waals surface area (Å²) >= 11 is 0. The summed E-state index contributed by atoms with van der Waals surface area (Å²) in [5, 5.41) is 1.06. The molecular weight excluding hydrogens is 202 g/mol. The number of aromatic nitrogens is 2. The van der Waals surface area contributed by atoms with E-state index in [-0.39, 0.29) is 6.01 Å². The molecule has 0 amide bonds. The molecule has 2 N–H and O–H groups in total. The van der Waals surface area contributed by atoms with Crippen LogP contribution in [0.15, 0.2) is 47.1 Å². The summed E-state index contributed by atoms with van der Waals surface area (Å²) in [5.74, 6) is 0.635. The first-order valence-corrected chi connectivity index (χ1v) is 4.89. The Morgan fingerprint density at radius 2 is 1.94 bits per heavy atom. The SMILES string of the molecule is Nc1ncc(-c2cnc3ccccc3c2)o1. The van der Waals surface area contributed by atoms with E-state index in [1.54, 1.807) is 12.4 Å². The van der Waals surface area contributed by atoms with E-state index >= 15 is 0 Å². The molecule has 0 unspecified atom stereocenters. The van der Waals surface area contributed by atoms with Crippen molar-refractivity contribution in [2.24, 2.45) is 0 Å². The number of nitrogens with zero attached hydrogens (tertiary/aromatic N) is 2. The lowest BCUT2D eigenvalue weighted by Gasteiger charge is -1.99. The number of para-hydroxylation sites is 1. The highest BCUT2D eigenvalue weighted by molar-refractivity contribution is 5.82. The van der Waals surface area contributed by atoms with Gasteiger partial charge in [-0.3, -0.25) is 4.98 Å². The molecule has 0 spiro atoms. The minimum Gasteiger partial charge on any atom is -0.424 e. The number of hydrogen-bond acceptors (Lipinski definition) is 4. The van der Waals surface area contributed by atoms with E-state index in [2.05, 4.69) is 9.97 Å². The van der Waals surface area contributed by atoms with Crippen LogP contribution in [0.3, 0.4) is 0 Å². The number of oxazole rings is 1. The summed E-state index contributed by atoms with van der Waals surface area (Å²) in [6, 6.07) is 10.1. The molecule has 0 saturated heterocycles. The van der Waals surface area contributed by atoms with Gasteiger partial charge in [0, 0.05) is 17.1 Å². The summed E-state index contributed by atoms with van der Waals surface area (Å²) in [7, 11) is 0. The second-order valence-electron chi connectivity index (χ2n) is 3.48. The second-order valence-corrected chi connectivity index (χ2v) is 3.48. The van der Waals surface area contributed by atoms with Crippen molar-refractivity contribution in [3.05, 3.63) is 42.7 Å². The number of pyridine rings is 1. The Labute approximate surface area is 91.7 Å². The standard InChI is InChI=1S/C12H9N3O/c13-12-15-7-11(16-12)9-5-8-3-1-2-4-10(8)14-6-9/h1-7H,(H2,13,15). The van der Waals surface area contributed by atoms with Crippen molar-refractivity contribution in [1.82, 2.24) is 9.97 Å². The molecule has 3 rings (SSSR count). The van der Waals surface area contributed by atoms with E-state index in [1.165, 1.54) is 0 Å². The van der Waals surface area contributed by atoms with Crippen LogP contribution in [0, 0.1) is 0 Å². The molecule has 0 saturated carbocycles. The molecule has 3 aromatic rings. The highest BCUT2D eigenvalue weighted by atomic mass is 16.4. The van der Waals surface area contributed by atoms with E-state index in [4.69, 9.17) is 10.2 Å². The van der Waals surface area contributed by atoms with Crippen LogP contribution < -0.4 is 5.73 Å². The first-order valence-electron chi connectivity index (χ1n) is 4.89. The average Bonchev–Trinajstić information content (AvgIpc) is 2.75. The van der Waals surface area contributed by atoms with Crippen LogP contribution in [0.25, 0.3) is 22.2 Å². The molecule has 0 radical (unpaired) electrons. The van der Waals surface area contributed by atoms with Gasteiger partial charge in [0.05, 0.1) is 11.7 Å². The van der Waals surface area contributed by atoms with Crippen LogP contribution in [-0.2, 0) is 0 Å². The van der Waals surface area contributed by atoms with Gasteiger partial charge in [0.15, 0.2) is 5.76 Å². The maximum Gasteiger partial charge on any atom is 0.292 e. The lowest BCUT2D eigenvalue weighted by molar-refractivity contribution is 0.595. The Balaban J connectivity index is 2.18. The molecule has 4 heteroatoms. The third-order valence-corrected chi connectivity index (χ3v) is 2.40. The maximum atomic E-state index is 5.43. The molecule has 0 bridgehead atoms. The number of rotatable bonds is 1. The molecule has 16 heavy (non-hydrogen) atoms. The first-order chi connectivity index (χ1) is 7.83. The summed E-state index contributed by atoms with van der Waals surface area (Å²) in [6.45, 7) is 0. The third kappa shape index (κ3) is 1.40. The Bertz CT molecular complexity index is 645. The normalized spacial score (nSPS) is 10.8. The van der Waals surface area contributed by atoms with Crippen LogP contribution in [0.5, 0.6) is 0 Å². The number of nitrogen functional groups attached to an aromatic ring is 1. The fourth-order valence-corrected chi connectivity index (χ4v) is 1.63. The smallest absolute Gasteiger partial charge is 0.292 e. The van der Waals surface area contributed by atoms with Gasteiger partial charge in [-0.1, -0.05) is 18.2 Å². The van der Waals surface area contributed by atoms with E-state index in [0.29, 0.717) is 5.76 Å². The predicted octanol–water partition coefficient (Wildman–Crippen LogP) is 2.47. The van der Waals surface area contributed by atoms with E-state index < -0.39 is 0 Å². The minimum atomic E-state index is 0.170. The van der Waals surface area contributed by atoms with Crippen LogP contribution in [0.4, 0.5) is 6.01 Å². The Morgan fingerprint density at radius 3 is 2.75 bits per heavy atom. The quantitative estimate of drug-likeness (QED) is 0.671. The number of anilines is 1. The van der Waals surface area contributed by atoms with Crippen LogP contribution in [-0.4, -0.2) is 9.97 Å². The van der Waals surface area contributed by atoms with Crippen molar-refractivity contribution in [2.75, 3.05) is 5.73 Å². The predicted molar refractivity (Wildman–Crippen MR) is 61.7 cm³/mol. The van der Waals surface area contributed by atoms with Gasteiger partial charge in [0.1, 0.15) is 0 Å². The van der Waals surface area contributed by atoms with Gasteiger partial charge in [0.25, 0.3) is 6.01 Å². The molecule has 0 fully saturated rings. The second kappa shape index (κ2) is 3.34. The number of fused-ring (bicyclic) bond motifs is 1. The minimum absolute atomic E-state index is 0.170. The van der Waals surface area contributed by atoms with E-state index in [0.717, 1.165) is 16.5 Å². The first kappa shape index (κ1) is 8.91. The van der Waals surface area contributed by atoms with Gasteiger partial charge in [-0.2, -0.15) is 0 Å². The van der Waals surface area contributed by atoms with Crippen molar-refractivity contribution in [3.8, 4) is 11.3 Å². The fraction of sp³-hybridized carbons (Fsp3) is 0. The maximum absolute atomic E-state index is 5.43. The highest BCUT2D eigenvalue weighted by Gasteiger charge is 2.05. The molecule has 0 aliphatic rings. The topological polar surface area (TPSA) is 64.9 Å². The van der Waals surface area contributed by atoms with Crippen molar-refractivity contribution in [3.63, 3.8) is 0 Å². The zero-order valence-corrected chi connectivity index (χ0v) is 8.42. The van der Waals surface area contributed by atoms with Crippen LogP contribution >= 0.6 is 0 Å². The van der Waals surface area contributed by atoms with E-state index in [1.807, 2.05) is 30.3 Å². The average molecular weight is 211 g/mol. The summed E-state index contributed by atoms with van der Waals surface area (Å²) < 4.78 is 5.25. The van der Waals surface area contributed by atoms with Gasteiger partial charge in [-0.25, -0.2) is 4.98 Å². The molecule has 0 atom stereocenters.